The predicted octanol–water partition coefficient (Wildman–Crippen LogP) is 4.43. The Balaban J connectivity index is 1.97. The molecule has 1 aromatic rings. The van der Waals surface area contributed by atoms with Gasteiger partial charge in [-0.3, -0.25) is 0 Å². The summed E-state index contributed by atoms with van der Waals surface area (Å²) in [7, 11) is 0. The maximum atomic E-state index is 11.9. The van der Waals surface area contributed by atoms with Crippen LogP contribution in [0.3, 0.4) is 0 Å². The lowest BCUT2D eigenvalue weighted by atomic mass is 9.66. The van der Waals surface area contributed by atoms with Crippen molar-refractivity contribution >= 4 is 5.97 Å². The highest BCUT2D eigenvalue weighted by Gasteiger charge is 2.43. The number of carbonyl (C=O) groups excluding carboxylic acids is 1. The summed E-state index contributed by atoms with van der Waals surface area (Å²) in [4.78, 5) is 14.8. The molecule has 0 bridgehead atoms. The van der Waals surface area contributed by atoms with Gasteiger partial charge in [0.15, 0.2) is 0 Å². The average molecular weight is 321 g/mol. The van der Waals surface area contributed by atoms with E-state index in [9.17, 15) is 4.79 Å². The van der Waals surface area contributed by atoms with Crippen LogP contribution in [0, 0.1) is 16.7 Å². The molecule has 0 spiro atoms. The molecule has 0 aliphatic carbocycles. The molecule has 1 fully saturated rings. The second kappa shape index (κ2) is 6.68. The van der Waals surface area contributed by atoms with Gasteiger partial charge in [0.2, 0.25) is 0 Å². The number of aromatic amines is 1. The van der Waals surface area contributed by atoms with E-state index in [0.717, 1.165) is 12.8 Å². The van der Waals surface area contributed by atoms with Gasteiger partial charge in [-0.15, -0.1) is 0 Å². The van der Waals surface area contributed by atoms with Crippen LogP contribution in [0.5, 0.6) is 0 Å². The second-order valence-electron chi connectivity index (χ2n) is 8.78. The van der Waals surface area contributed by atoms with Crippen molar-refractivity contribution in [2.45, 2.75) is 66.6 Å². The summed E-state index contributed by atoms with van der Waals surface area (Å²) in [5.74, 6) is 0.196. The number of H-pyrrole nitrogens is 1. The van der Waals surface area contributed by atoms with Crippen LogP contribution in [0.2, 0.25) is 0 Å². The molecule has 1 saturated heterocycles. The van der Waals surface area contributed by atoms with E-state index in [4.69, 9.17) is 9.47 Å². The number of hydrogen-bond donors (Lipinski definition) is 1. The first kappa shape index (κ1) is 18.1. The molecule has 3 unspecified atom stereocenters. The van der Waals surface area contributed by atoms with E-state index in [1.54, 1.807) is 18.3 Å². The first-order valence-corrected chi connectivity index (χ1v) is 8.55. The molecule has 4 nitrogen and oxygen atoms in total. The summed E-state index contributed by atoms with van der Waals surface area (Å²) < 4.78 is 11.8. The van der Waals surface area contributed by atoms with Crippen LogP contribution in [0.15, 0.2) is 18.3 Å². The third-order valence-corrected chi connectivity index (χ3v) is 4.69. The van der Waals surface area contributed by atoms with Gasteiger partial charge >= 0.3 is 5.97 Å². The van der Waals surface area contributed by atoms with Gasteiger partial charge in [-0.05, 0) is 41.7 Å². The SMILES string of the molecule is CC(C)(C)C1CCC(COC(=O)c2ccc[nH]2)OC1C(C)(C)C. The number of carbonyl (C=O) groups is 1. The van der Waals surface area contributed by atoms with Gasteiger partial charge in [0, 0.05) is 6.20 Å². The molecule has 0 radical (unpaired) electrons. The summed E-state index contributed by atoms with van der Waals surface area (Å²) in [5, 5.41) is 0. The van der Waals surface area contributed by atoms with Crippen molar-refractivity contribution in [1.29, 1.82) is 0 Å². The molecule has 2 rings (SSSR count). The molecule has 0 saturated carbocycles. The standard InChI is InChI=1S/C19H31NO3/c1-18(2,3)14-10-9-13(23-16(14)19(4,5)6)12-22-17(21)15-8-7-11-20-15/h7-8,11,13-14,16,20H,9-10,12H2,1-6H3. The Morgan fingerprint density at radius 3 is 2.43 bits per heavy atom. The highest BCUT2D eigenvalue weighted by Crippen LogP contribution is 2.44. The van der Waals surface area contributed by atoms with Gasteiger partial charge in [-0.2, -0.15) is 0 Å². The molecule has 0 aromatic carbocycles. The van der Waals surface area contributed by atoms with Crippen molar-refractivity contribution in [2.75, 3.05) is 6.61 Å². The number of hydrogen-bond acceptors (Lipinski definition) is 3. The Kier molecular flexibility index (Phi) is 5.24. The highest BCUT2D eigenvalue weighted by atomic mass is 16.6. The largest absolute Gasteiger partial charge is 0.458 e. The van der Waals surface area contributed by atoms with E-state index >= 15 is 0 Å². The van der Waals surface area contributed by atoms with Crippen LogP contribution in [-0.4, -0.2) is 29.8 Å². The molecule has 0 amide bonds. The van der Waals surface area contributed by atoms with Crippen LogP contribution < -0.4 is 0 Å². The normalized spacial score (nSPS) is 26.1. The fourth-order valence-electron chi connectivity index (χ4n) is 3.41. The van der Waals surface area contributed by atoms with Crippen LogP contribution in [-0.2, 0) is 9.47 Å². The van der Waals surface area contributed by atoms with Crippen molar-refractivity contribution < 1.29 is 14.3 Å². The molecular formula is C19H31NO3. The molecule has 130 valence electrons. The number of nitrogens with one attached hydrogen (secondary N) is 1. The first-order chi connectivity index (χ1) is 10.6. The lowest BCUT2D eigenvalue weighted by molar-refractivity contribution is -0.164. The van der Waals surface area contributed by atoms with E-state index in [1.165, 1.54) is 0 Å². The third-order valence-electron chi connectivity index (χ3n) is 4.69. The Morgan fingerprint density at radius 1 is 1.22 bits per heavy atom. The molecular weight excluding hydrogens is 290 g/mol. The highest BCUT2D eigenvalue weighted by molar-refractivity contribution is 5.87. The number of esters is 1. The summed E-state index contributed by atoms with van der Waals surface area (Å²) in [6, 6.07) is 3.51. The Labute approximate surface area is 139 Å². The topological polar surface area (TPSA) is 51.3 Å². The first-order valence-electron chi connectivity index (χ1n) is 8.55. The van der Waals surface area contributed by atoms with Crippen LogP contribution in [0.25, 0.3) is 0 Å². The number of ether oxygens (including phenoxy) is 2. The maximum Gasteiger partial charge on any atom is 0.354 e. The molecule has 23 heavy (non-hydrogen) atoms. The van der Waals surface area contributed by atoms with Crippen molar-refractivity contribution in [1.82, 2.24) is 4.98 Å². The van der Waals surface area contributed by atoms with E-state index in [1.807, 2.05) is 0 Å². The maximum absolute atomic E-state index is 11.9. The molecule has 4 heteroatoms. The van der Waals surface area contributed by atoms with Crippen LogP contribution in [0.1, 0.15) is 64.9 Å². The van der Waals surface area contributed by atoms with Crippen LogP contribution >= 0.6 is 0 Å². The summed E-state index contributed by atoms with van der Waals surface area (Å²) >= 11 is 0. The summed E-state index contributed by atoms with van der Waals surface area (Å²) in [6.45, 7) is 13.8. The van der Waals surface area contributed by atoms with Gasteiger partial charge in [0.1, 0.15) is 12.3 Å². The number of rotatable bonds is 3. The summed E-state index contributed by atoms with van der Waals surface area (Å²) in [6.07, 6.45) is 3.92. The molecule has 3 atom stereocenters. The average Bonchev–Trinajstić information content (AvgIpc) is 2.96. The quantitative estimate of drug-likeness (QED) is 0.838. The smallest absolute Gasteiger partial charge is 0.354 e. The molecule has 1 aliphatic heterocycles. The van der Waals surface area contributed by atoms with Crippen molar-refractivity contribution in [3.63, 3.8) is 0 Å². The Hall–Kier alpha value is -1.29. The lowest BCUT2D eigenvalue weighted by Gasteiger charge is -2.48. The molecule has 1 aliphatic rings. The Morgan fingerprint density at radius 2 is 1.91 bits per heavy atom. The van der Waals surface area contributed by atoms with E-state index in [-0.39, 0.29) is 29.0 Å². The molecule has 1 N–H and O–H groups in total. The second-order valence-corrected chi connectivity index (χ2v) is 8.78. The van der Waals surface area contributed by atoms with Crippen LogP contribution in [0.4, 0.5) is 0 Å². The van der Waals surface area contributed by atoms with E-state index in [0.29, 0.717) is 18.2 Å². The number of aromatic nitrogens is 1. The third kappa shape index (κ3) is 4.60. The minimum atomic E-state index is -0.316. The minimum Gasteiger partial charge on any atom is -0.458 e. The van der Waals surface area contributed by atoms with Gasteiger partial charge in [0.05, 0.1) is 12.2 Å². The van der Waals surface area contributed by atoms with Crippen molar-refractivity contribution in [3.8, 4) is 0 Å². The monoisotopic (exact) mass is 321 g/mol. The fourth-order valence-corrected chi connectivity index (χ4v) is 3.41. The van der Waals surface area contributed by atoms with Crippen molar-refractivity contribution in [3.05, 3.63) is 24.0 Å². The van der Waals surface area contributed by atoms with Gasteiger partial charge in [-0.1, -0.05) is 41.5 Å². The Bertz CT molecular complexity index is 508. The van der Waals surface area contributed by atoms with Gasteiger partial charge < -0.3 is 14.5 Å². The van der Waals surface area contributed by atoms with Crippen molar-refractivity contribution in [2.24, 2.45) is 16.7 Å². The minimum absolute atomic E-state index is 0.0169. The molecule has 1 aromatic heterocycles. The van der Waals surface area contributed by atoms with Gasteiger partial charge in [-0.25, -0.2) is 4.79 Å². The summed E-state index contributed by atoms with van der Waals surface area (Å²) in [5.41, 5.74) is 0.768. The zero-order chi connectivity index (χ0) is 17.3. The van der Waals surface area contributed by atoms with E-state index in [2.05, 4.69) is 46.5 Å². The zero-order valence-corrected chi connectivity index (χ0v) is 15.3. The zero-order valence-electron chi connectivity index (χ0n) is 15.3. The lowest BCUT2D eigenvalue weighted by Crippen LogP contribution is -2.49. The van der Waals surface area contributed by atoms with Gasteiger partial charge in [0.25, 0.3) is 0 Å². The predicted molar refractivity (Wildman–Crippen MR) is 91.4 cm³/mol. The van der Waals surface area contributed by atoms with E-state index < -0.39 is 0 Å². The molecule has 2 heterocycles. The fraction of sp³-hybridized carbons (Fsp3) is 0.737.